The van der Waals surface area contributed by atoms with Gasteiger partial charge in [-0.25, -0.2) is 4.79 Å². The number of benzene rings is 2. The van der Waals surface area contributed by atoms with Crippen LogP contribution in [0.4, 0.5) is 10.5 Å². The van der Waals surface area contributed by atoms with Crippen molar-refractivity contribution in [2.45, 2.75) is 11.3 Å². The minimum absolute atomic E-state index is 0.224. The number of carbonyl (C=O) groups excluding carboxylic acids is 1. The van der Waals surface area contributed by atoms with Gasteiger partial charge in [0.1, 0.15) is 0 Å². The lowest BCUT2D eigenvalue weighted by Gasteiger charge is -2.09. The summed E-state index contributed by atoms with van der Waals surface area (Å²) in [5.74, 6) is 0. The number of carbonyl (C=O) groups is 1. The predicted molar refractivity (Wildman–Crippen MR) is 88.6 cm³/mol. The number of nitrogens with one attached hydrogen (secondary N) is 2. The topological polar surface area (TPSA) is 41.1 Å². The van der Waals surface area contributed by atoms with Gasteiger partial charge in [-0.3, -0.25) is 0 Å². The normalized spacial score (nSPS) is 10.1. The lowest BCUT2D eigenvalue weighted by Crippen LogP contribution is -2.30. The summed E-state index contributed by atoms with van der Waals surface area (Å²) >= 11 is 7.77. The van der Waals surface area contributed by atoms with Crippen molar-refractivity contribution in [3.05, 3.63) is 58.6 Å². The van der Waals surface area contributed by atoms with E-state index in [1.807, 2.05) is 48.5 Å². The summed E-state index contributed by atoms with van der Waals surface area (Å²) in [6.07, 6.45) is 0.775. The van der Waals surface area contributed by atoms with Gasteiger partial charge in [-0.15, -0.1) is 12.6 Å². The maximum atomic E-state index is 11.8. The second kappa shape index (κ2) is 7.36. The number of urea groups is 1. The fourth-order valence-corrected chi connectivity index (χ4v) is 2.46. The molecule has 2 rings (SSSR count). The molecule has 0 atom stereocenters. The van der Waals surface area contributed by atoms with Gasteiger partial charge in [-0.05, 0) is 30.2 Å². The Kier molecular flexibility index (Phi) is 5.49. The molecule has 0 unspecified atom stereocenters. The summed E-state index contributed by atoms with van der Waals surface area (Å²) < 4.78 is 1.06. The lowest BCUT2D eigenvalue weighted by molar-refractivity contribution is 0.252. The molecule has 0 aliphatic carbocycles. The van der Waals surface area contributed by atoms with E-state index in [9.17, 15) is 4.79 Å². The van der Waals surface area contributed by atoms with Gasteiger partial charge in [0.25, 0.3) is 0 Å². The van der Waals surface area contributed by atoms with E-state index in [0.29, 0.717) is 12.2 Å². The van der Waals surface area contributed by atoms with Crippen molar-refractivity contribution in [1.82, 2.24) is 5.32 Å². The Balaban J connectivity index is 1.82. The third kappa shape index (κ3) is 4.28. The van der Waals surface area contributed by atoms with Crippen LogP contribution >= 0.6 is 28.6 Å². The SMILES string of the molecule is O=C(NCCc1ccccc1Br)Nc1ccccc1S. The van der Waals surface area contributed by atoms with Crippen molar-refractivity contribution in [3.8, 4) is 0 Å². The summed E-state index contributed by atoms with van der Waals surface area (Å²) in [5, 5.41) is 5.60. The molecule has 0 saturated heterocycles. The summed E-state index contributed by atoms with van der Waals surface area (Å²) in [7, 11) is 0. The third-order valence-electron chi connectivity index (χ3n) is 2.79. The van der Waals surface area contributed by atoms with E-state index in [-0.39, 0.29) is 6.03 Å². The Labute approximate surface area is 132 Å². The molecule has 2 N–H and O–H groups in total. The number of anilines is 1. The zero-order valence-electron chi connectivity index (χ0n) is 10.8. The van der Waals surface area contributed by atoms with Crippen molar-refractivity contribution in [3.63, 3.8) is 0 Å². The molecule has 0 heterocycles. The van der Waals surface area contributed by atoms with Crippen molar-refractivity contribution in [1.29, 1.82) is 0 Å². The van der Waals surface area contributed by atoms with Crippen LogP contribution in [0, 0.1) is 0 Å². The first-order chi connectivity index (χ1) is 9.66. The van der Waals surface area contributed by atoms with Gasteiger partial charge in [0.2, 0.25) is 0 Å². The van der Waals surface area contributed by atoms with Crippen molar-refractivity contribution < 1.29 is 4.79 Å². The number of para-hydroxylation sites is 1. The molecule has 2 aromatic carbocycles. The van der Waals surface area contributed by atoms with E-state index >= 15 is 0 Å². The molecule has 20 heavy (non-hydrogen) atoms. The number of rotatable bonds is 4. The number of amides is 2. The molecular weight excluding hydrogens is 336 g/mol. The van der Waals surface area contributed by atoms with Gasteiger partial charge in [-0.2, -0.15) is 0 Å². The summed E-state index contributed by atoms with van der Waals surface area (Å²) in [4.78, 5) is 12.5. The Morgan fingerprint density at radius 2 is 1.80 bits per heavy atom. The first kappa shape index (κ1) is 14.9. The molecule has 0 bridgehead atoms. The van der Waals surface area contributed by atoms with E-state index in [1.54, 1.807) is 0 Å². The maximum absolute atomic E-state index is 11.8. The average molecular weight is 351 g/mol. The molecule has 5 heteroatoms. The lowest BCUT2D eigenvalue weighted by atomic mass is 10.1. The minimum Gasteiger partial charge on any atom is -0.338 e. The molecule has 0 aromatic heterocycles. The van der Waals surface area contributed by atoms with Crippen LogP contribution in [0.3, 0.4) is 0 Å². The molecule has 0 spiro atoms. The summed E-state index contributed by atoms with van der Waals surface area (Å²) in [6, 6.07) is 15.1. The molecule has 0 saturated carbocycles. The van der Waals surface area contributed by atoms with Crippen molar-refractivity contribution in [2.75, 3.05) is 11.9 Å². The van der Waals surface area contributed by atoms with Crippen molar-refractivity contribution in [2.24, 2.45) is 0 Å². The Morgan fingerprint density at radius 3 is 2.55 bits per heavy atom. The zero-order chi connectivity index (χ0) is 14.4. The van der Waals surface area contributed by atoms with Crippen molar-refractivity contribution >= 4 is 40.3 Å². The molecule has 2 amide bonds. The van der Waals surface area contributed by atoms with Crippen LogP contribution < -0.4 is 10.6 Å². The molecule has 0 fully saturated rings. The highest BCUT2D eigenvalue weighted by Crippen LogP contribution is 2.18. The quantitative estimate of drug-likeness (QED) is 0.713. The molecular formula is C15H15BrN2OS. The first-order valence-electron chi connectivity index (χ1n) is 6.23. The molecule has 0 radical (unpaired) electrons. The van der Waals surface area contributed by atoms with E-state index < -0.39 is 0 Å². The van der Waals surface area contributed by atoms with Crippen LogP contribution in [0.25, 0.3) is 0 Å². The Hall–Kier alpha value is -1.46. The summed E-state index contributed by atoms with van der Waals surface area (Å²) in [5.41, 5.74) is 1.87. The molecule has 0 aliphatic rings. The number of hydrogen-bond donors (Lipinski definition) is 3. The highest BCUT2D eigenvalue weighted by atomic mass is 79.9. The first-order valence-corrected chi connectivity index (χ1v) is 7.47. The van der Waals surface area contributed by atoms with E-state index in [1.165, 1.54) is 5.56 Å². The van der Waals surface area contributed by atoms with Crippen LogP contribution in [-0.2, 0) is 6.42 Å². The monoisotopic (exact) mass is 350 g/mol. The largest absolute Gasteiger partial charge is 0.338 e. The Morgan fingerprint density at radius 1 is 1.10 bits per heavy atom. The third-order valence-corrected chi connectivity index (χ3v) is 3.95. The second-order valence-corrected chi connectivity index (χ2v) is 5.58. The average Bonchev–Trinajstić information content (AvgIpc) is 2.43. The van der Waals surface area contributed by atoms with Crippen LogP contribution in [0.1, 0.15) is 5.56 Å². The van der Waals surface area contributed by atoms with Crippen LogP contribution in [0.2, 0.25) is 0 Å². The van der Waals surface area contributed by atoms with E-state index in [2.05, 4.69) is 39.2 Å². The fraction of sp³-hybridized carbons (Fsp3) is 0.133. The molecule has 0 aliphatic heterocycles. The van der Waals surface area contributed by atoms with E-state index in [4.69, 9.17) is 0 Å². The molecule has 3 nitrogen and oxygen atoms in total. The van der Waals surface area contributed by atoms with Gasteiger partial charge in [0.15, 0.2) is 0 Å². The predicted octanol–water partition coefficient (Wildman–Crippen LogP) is 4.10. The fourth-order valence-electron chi connectivity index (χ4n) is 1.76. The molecule has 2 aromatic rings. The highest BCUT2D eigenvalue weighted by Gasteiger charge is 2.04. The Bertz CT molecular complexity index is 604. The van der Waals surface area contributed by atoms with Gasteiger partial charge in [0.05, 0.1) is 5.69 Å². The van der Waals surface area contributed by atoms with Crippen LogP contribution in [-0.4, -0.2) is 12.6 Å². The number of hydrogen-bond acceptors (Lipinski definition) is 2. The number of halogens is 1. The van der Waals surface area contributed by atoms with Crippen LogP contribution in [0.5, 0.6) is 0 Å². The molecule has 104 valence electrons. The highest BCUT2D eigenvalue weighted by molar-refractivity contribution is 9.10. The summed E-state index contributed by atoms with van der Waals surface area (Å²) in [6.45, 7) is 0.573. The maximum Gasteiger partial charge on any atom is 0.319 e. The number of thiol groups is 1. The smallest absolute Gasteiger partial charge is 0.319 e. The minimum atomic E-state index is -0.224. The van der Waals surface area contributed by atoms with Crippen LogP contribution in [0.15, 0.2) is 57.9 Å². The van der Waals surface area contributed by atoms with Gasteiger partial charge in [-0.1, -0.05) is 46.3 Å². The van der Waals surface area contributed by atoms with Gasteiger partial charge < -0.3 is 10.6 Å². The van der Waals surface area contributed by atoms with Gasteiger partial charge in [0, 0.05) is 15.9 Å². The second-order valence-electron chi connectivity index (χ2n) is 4.24. The van der Waals surface area contributed by atoms with E-state index in [0.717, 1.165) is 15.8 Å². The standard InChI is InChI=1S/C15H15BrN2OS/c16-12-6-2-1-5-11(12)9-10-17-15(19)18-13-7-3-4-8-14(13)20/h1-8,20H,9-10H2,(H2,17,18,19). The van der Waals surface area contributed by atoms with Gasteiger partial charge >= 0.3 is 6.03 Å². The zero-order valence-corrected chi connectivity index (χ0v) is 13.2.